The van der Waals surface area contributed by atoms with Gasteiger partial charge in [-0.15, -0.1) is 0 Å². The van der Waals surface area contributed by atoms with Crippen LogP contribution in [0.1, 0.15) is 43.0 Å². The maximum Gasteiger partial charge on any atom is 0.254 e. The SMILES string of the molecule is CCN1CCCC1C1CCCN1C(=O)c1ccc(-n2ccnc2)cc1. The number of hydrogen-bond acceptors (Lipinski definition) is 3. The van der Waals surface area contributed by atoms with E-state index in [4.69, 9.17) is 0 Å². The van der Waals surface area contributed by atoms with E-state index in [2.05, 4.69) is 21.7 Å². The van der Waals surface area contributed by atoms with Gasteiger partial charge in [0.15, 0.2) is 0 Å². The van der Waals surface area contributed by atoms with Crippen molar-refractivity contribution >= 4 is 5.91 Å². The van der Waals surface area contributed by atoms with E-state index in [1.54, 1.807) is 12.5 Å². The van der Waals surface area contributed by atoms with E-state index < -0.39 is 0 Å². The number of nitrogens with zero attached hydrogens (tertiary/aromatic N) is 4. The summed E-state index contributed by atoms with van der Waals surface area (Å²) in [5, 5.41) is 0. The van der Waals surface area contributed by atoms with E-state index >= 15 is 0 Å². The zero-order valence-electron chi connectivity index (χ0n) is 14.8. The molecule has 2 aromatic rings. The number of benzene rings is 1. The first kappa shape index (κ1) is 16.3. The summed E-state index contributed by atoms with van der Waals surface area (Å²) in [7, 11) is 0. The van der Waals surface area contributed by atoms with Gasteiger partial charge in [0.1, 0.15) is 0 Å². The van der Waals surface area contributed by atoms with Gasteiger partial charge in [0.05, 0.1) is 6.33 Å². The zero-order valence-corrected chi connectivity index (χ0v) is 14.8. The van der Waals surface area contributed by atoms with Gasteiger partial charge >= 0.3 is 0 Å². The number of amides is 1. The molecule has 4 rings (SSSR count). The van der Waals surface area contributed by atoms with Crippen molar-refractivity contribution in [3.63, 3.8) is 0 Å². The number of hydrogen-bond donors (Lipinski definition) is 0. The fourth-order valence-electron chi connectivity index (χ4n) is 4.48. The van der Waals surface area contributed by atoms with Crippen molar-refractivity contribution < 1.29 is 4.79 Å². The minimum Gasteiger partial charge on any atom is -0.334 e. The fraction of sp³-hybridized carbons (Fsp3) is 0.500. The first-order chi connectivity index (χ1) is 12.3. The number of aromatic nitrogens is 2. The van der Waals surface area contributed by atoms with Gasteiger partial charge in [-0.1, -0.05) is 6.92 Å². The van der Waals surface area contributed by atoms with Crippen molar-refractivity contribution in [2.24, 2.45) is 0 Å². The van der Waals surface area contributed by atoms with Gasteiger partial charge < -0.3 is 9.47 Å². The zero-order chi connectivity index (χ0) is 17.2. The molecule has 0 N–H and O–H groups in total. The Bertz CT molecular complexity index is 710. The number of rotatable bonds is 4. The Balaban J connectivity index is 1.51. The molecule has 2 atom stereocenters. The summed E-state index contributed by atoms with van der Waals surface area (Å²) in [4.78, 5) is 21.9. The van der Waals surface area contributed by atoms with Gasteiger partial charge in [-0.05, 0) is 63.0 Å². The van der Waals surface area contributed by atoms with Gasteiger partial charge in [-0.25, -0.2) is 4.98 Å². The second-order valence-corrected chi connectivity index (χ2v) is 7.06. The quantitative estimate of drug-likeness (QED) is 0.861. The number of carbonyl (C=O) groups excluding carboxylic acids is 1. The average molecular weight is 338 g/mol. The first-order valence-electron chi connectivity index (χ1n) is 9.41. The molecular formula is C20H26N4O. The lowest BCUT2D eigenvalue weighted by molar-refractivity contribution is 0.0650. The van der Waals surface area contributed by atoms with Crippen LogP contribution in [0.3, 0.4) is 0 Å². The van der Waals surface area contributed by atoms with E-state index in [0.717, 1.165) is 37.2 Å². The Morgan fingerprint density at radius 2 is 1.88 bits per heavy atom. The van der Waals surface area contributed by atoms with E-state index in [1.165, 1.54) is 19.4 Å². The number of imidazole rings is 1. The highest BCUT2D eigenvalue weighted by molar-refractivity contribution is 5.94. The van der Waals surface area contributed by atoms with Crippen LogP contribution in [0, 0.1) is 0 Å². The maximum absolute atomic E-state index is 13.1. The molecule has 3 heterocycles. The lowest BCUT2D eigenvalue weighted by Gasteiger charge is -2.34. The molecule has 25 heavy (non-hydrogen) atoms. The van der Waals surface area contributed by atoms with Gasteiger partial charge in [0.25, 0.3) is 5.91 Å². The first-order valence-corrected chi connectivity index (χ1v) is 9.41. The summed E-state index contributed by atoms with van der Waals surface area (Å²) in [5.41, 5.74) is 1.82. The third kappa shape index (κ3) is 3.09. The topological polar surface area (TPSA) is 41.4 Å². The highest BCUT2D eigenvalue weighted by Gasteiger charge is 2.39. The minimum atomic E-state index is 0.183. The molecule has 0 spiro atoms. The van der Waals surface area contributed by atoms with Crippen LogP contribution in [0.2, 0.25) is 0 Å². The van der Waals surface area contributed by atoms with Crippen LogP contribution in [0.25, 0.3) is 5.69 Å². The van der Waals surface area contributed by atoms with Crippen molar-refractivity contribution in [3.8, 4) is 5.69 Å². The molecule has 1 aromatic carbocycles. The third-order valence-electron chi connectivity index (χ3n) is 5.74. The lowest BCUT2D eigenvalue weighted by atomic mass is 10.0. The summed E-state index contributed by atoms with van der Waals surface area (Å²) < 4.78 is 1.95. The van der Waals surface area contributed by atoms with E-state index in [0.29, 0.717) is 12.1 Å². The summed E-state index contributed by atoms with van der Waals surface area (Å²) in [5.74, 6) is 0.183. The molecule has 2 aliphatic rings. The maximum atomic E-state index is 13.1. The predicted molar refractivity (Wildman–Crippen MR) is 97.9 cm³/mol. The largest absolute Gasteiger partial charge is 0.334 e. The molecule has 2 unspecified atom stereocenters. The Kier molecular flexibility index (Phi) is 4.57. The molecular weight excluding hydrogens is 312 g/mol. The number of likely N-dealkylation sites (N-methyl/N-ethyl adjacent to an activating group) is 1. The van der Waals surface area contributed by atoms with Crippen LogP contribution < -0.4 is 0 Å². The molecule has 5 nitrogen and oxygen atoms in total. The minimum absolute atomic E-state index is 0.183. The summed E-state index contributed by atoms with van der Waals surface area (Å²) in [6.45, 7) is 5.39. The summed E-state index contributed by atoms with van der Waals surface area (Å²) in [6, 6.07) is 8.80. The highest BCUT2D eigenvalue weighted by atomic mass is 16.2. The van der Waals surface area contributed by atoms with E-state index in [-0.39, 0.29) is 5.91 Å². The van der Waals surface area contributed by atoms with E-state index in [1.807, 2.05) is 35.0 Å². The van der Waals surface area contributed by atoms with Crippen LogP contribution in [-0.2, 0) is 0 Å². The van der Waals surface area contributed by atoms with Gasteiger partial charge in [0, 0.05) is 42.3 Å². The smallest absolute Gasteiger partial charge is 0.254 e. The molecule has 0 aliphatic carbocycles. The second kappa shape index (κ2) is 7.00. The molecule has 5 heteroatoms. The summed E-state index contributed by atoms with van der Waals surface area (Å²) in [6.07, 6.45) is 10.2. The molecule has 2 fully saturated rings. The van der Waals surface area contributed by atoms with Crippen LogP contribution in [-0.4, -0.2) is 57.0 Å². The van der Waals surface area contributed by atoms with Crippen molar-refractivity contribution in [3.05, 3.63) is 48.5 Å². The highest BCUT2D eigenvalue weighted by Crippen LogP contribution is 2.31. The van der Waals surface area contributed by atoms with Gasteiger partial charge in [0.2, 0.25) is 0 Å². The standard InChI is InChI=1S/C20H26N4O/c1-2-22-12-3-5-18(22)19-6-4-13-24(19)20(25)16-7-9-17(10-8-16)23-14-11-21-15-23/h7-11,14-15,18-19H,2-6,12-13H2,1H3. The van der Waals surface area contributed by atoms with Gasteiger partial charge in [-0.2, -0.15) is 0 Å². The number of carbonyl (C=O) groups is 1. The molecule has 0 bridgehead atoms. The van der Waals surface area contributed by atoms with Crippen molar-refractivity contribution in [2.75, 3.05) is 19.6 Å². The second-order valence-electron chi connectivity index (χ2n) is 7.06. The van der Waals surface area contributed by atoms with Crippen LogP contribution in [0.4, 0.5) is 0 Å². The Labute approximate surface area is 149 Å². The fourth-order valence-corrected chi connectivity index (χ4v) is 4.48. The van der Waals surface area contributed by atoms with Crippen molar-refractivity contribution in [1.82, 2.24) is 19.4 Å². The summed E-state index contributed by atoms with van der Waals surface area (Å²) >= 11 is 0. The average Bonchev–Trinajstić information content (AvgIpc) is 3.41. The number of likely N-dealkylation sites (tertiary alicyclic amines) is 2. The lowest BCUT2D eigenvalue weighted by Crippen LogP contribution is -2.48. The monoisotopic (exact) mass is 338 g/mol. The normalized spacial score (nSPS) is 24.1. The molecule has 2 aliphatic heterocycles. The molecule has 0 radical (unpaired) electrons. The molecule has 132 valence electrons. The Hall–Kier alpha value is -2.14. The molecule has 1 aromatic heterocycles. The molecule has 2 saturated heterocycles. The van der Waals surface area contributed by atoms with Gasteiger partial charge in [-0.3, -0.25) is 9.69 Å². The Morgan fingerprint density at radius 3 is 2.60 bits per heavy atom. The van der Waals surface area contributed by atoms with Crippen molar-refractivity contribution in [2.45, 2.75) is 44.7 Å². The Morgan fingerprint density at radius 1 is 1.12 bits per heavy atom. The molecule has 1 amide bonds. The van der Waals surface area contributed by atoms with E-state index in [9.17, 15) is 4.79 Å². The third-order valence-corrected chi connectivity index (χ3v) is 5.74. The van der Waals surface area contributed by atoms with Crippen LogP contribution >= 0.6 is 0 Å². The predicted octanol–water partition coefficient (Wildman–Crippen LogP) is 2.96. The van der Waals surface area contributed by atoms with Crippen molar-refractivity contribution in [1.29, 1.82) is 0 Å². The molecule has 0 saturated carbocycles. The van der Waals surface area contributed by atoms with Crippen LogP contribution in [0.5, 0.6) is 0 Å². The van der Waals surface area contributed by atoms with Crippen LogP contribution in [0.15, 0.2) is 43.0 Å².